The lowest BCUT2D eigenvalue weighted by Gasteiger charge is -2.48. The van der Waals surface area contributed by atoms with Gasteiger partial charge in [-0.25, -0.2) is 13.2 Å². The molecule has 2 aromatic rings. The minimum atomic E-state index is -0.772. The Labute approximate surface area is 178 Å². The molecule has 3 atom stereocenters. The summed E-state index contributed by atoms with van der Waals surface area (Å²) in [6.45, 7) is 3.44. The second kappa shape index (κ2) is 7.59. The van der Waals surface area contributed by atoms with E-state index < -0.39 is 35.0 Å². The highest BCUT2D eigenvalue weighted by Gasteiger charge is 2.55. The molecule has 4 N–H and O–H groups in total. The lowest BCUT2D eigenvalue weighted by molar-refractivity contribution is -0.133. The minimum Gasteiger partial charge on any atom is -0.375 e. The molecule has 0 radical (unpaired) electrons. The fraction of sp³-hybridized carbons (Fsp3) is 0.391. The van der Waals surface area contributed by atoms with Crippen LogP contribution in [0.5, 0.6) is 0 Å². The molecule has 1 aliphatic heterocycles. The largest absolute Gasteiger partial charge is 0.375 e. The van der Waals surface area contributed by atoms with Crippen molar-refractivity contribution in [3.05, 3.63) is 65.0 Å². The number of amides is 2. The molecular weight excluding hydrogens is 407 g/mol. The Balaban J connectivity index is 1.64. The van der Waals surface area contributed by atoms with E-state index in [0.29, 0.717) is 18.4 Å². The molecule has 1 fully saturated rings. The SMILES string of the molecule is C[C@@H](NC(=O)C1CC(C2(C)c3cc(F)cc(F)c3NC2c2ccc(F)cc2)C1)C(N)=O. The van der Waals surface area contributed by atoms with Gasteiger partial charge in [-0.2, -0.15) is 0 Å². The summed E-state index contributed by atoms with van der Waals surface area (Å²) in [6.07, 6.45) is 0.982. The predicted molar refractivity (Wildman–Crippen MR) is 109 cm³/mol. The molecule has 5 nitrogen and oxygen atoms in total. The van der Waals surface area contributed by atoms with Gasteiger partial charge in [0.25, 0.3) is 0 Å². The van der Waals surface area contributed by atoms with Crippen LogP contribution in [0, 0.1) is 29.3 Å². The molecule has 31 heavy (non-hydrogen) atoms. The smallest absolute Gasteiger partial charge is 0.239 e. The van der Waals surface area contributed by atoms with Crippen molar-refractivity contribution in [2.24, 2.45) is 17.6 Å². The second-order valence-corrected chi connectivity index (χ2v) is 8.72. The van der Waals surface area contributed by atoms with Crippen LogP contribution in [0.4, 0.5) is 18.9 Å². The summed E-state index contributed by atoms with van der Waals surface area (Å²) in [5, 5.41) is 5.77. The van der Waals surface area contributed by atoms with Gasteiger partial charge in [-0.1, -0.05) is 19.1 Å². The fourth-order valence-electron chi connectivity index (χ4n) is 4.86. The molecule has 2 unspecified atom stereocenters. The van der Waals surface area contributed by atoms with Gasteiger partial charge in [-0.15, -0.1) is 0 Å². The van der Waals surface area contributed by atoms with Crippen molar-refractivity contribution in [1.82, 2.24) is 5.32 Å². The third-order valence-electron chi connectivity index (χ3n) is 6.87. The van der Waals surface area contributed by atoms with E-state index in [2.05, 4.69) is 10.6 Å². The number of nitrogens with two attached hydrogens (primary N) is 1. The number of nitrogens with one attached hydrogen (secondary N) is 2. The summed E-state index contributed by atoms with van der Waals surface area (Å²) in [6, 6.07) is 6.90. The molecule has 2 amide bonds. The molecular formula is C23H24F3N3O2. The highest BCUT2D eigenvalue weighted by Crippen LogP contribution is 2.59. The van der Waals surface area contributed by atoms with Gasteiger partial charge in [0.1, 0.15) is 23.5 Å². The summed E-state index contributed by atoms with van der Waals surface area (Å²) < 4.78 is 42.2. The Bertz CT molecular complexity index is 1040. The number of carbonyl (C=O) groups is 2. The summed E-state index contributed by atoms with van der Waals surface area (Å²) in [5.74, 6) is -3.00. The van der Waals surface area contributed by atoms with Crippen LogP contribution >= 0.6 is 0 Å². The van der Waals surface area contributed by atoms with Gasteiger partial charge in [0.2, 0.25) is 11.8 Å². The average molecular weight is 431 g/mol. The standard InChI is InChI=1S/C23H24F3N3O2/c1-11(21(27)30)28-22(31)13-7-14(8-13)23(2)17-9-16(25)10-18(26)19(17)29-20(23)12-3-5-15(24)6-4-12/h3-6,9-11,13-14,20,29H,7-8H2,1-2H3,(H2,27,30)(H,28,31)/t11-,13?,14?,20?,23?/m1/s1. The average Bonchev–Trinajstić information content (AvgIpc) is 2.94. The second-order valence-electron chi connectivity index (χ2n) is 8.72. The number of fused-ring (bicyclic) bond motifs is 1. The number of anilines is 1. The molecule has 4 rings (SSSR count). The molecule has 2 aliphatic rings. The van der Waals surface area contributed by atoms with E-state index in [1.807, 2.05) is 6.92 Å². The maximum atomic E-state index is 14.6. The Morgan fingerprint density at radius 2 is 1.77 bits per heavy atom. The summed E-state index contributed by atoms with van der Waals surface area (Å²) in [5.41, 5.74) is 5.97. The molecule has 1 heterocycles. The van der Waals surface area contributed by atoms with Crippen LogP contribution in [0.15, 0.2) is 36.4 Å². The summed E-state index contributed by atoms with van der Waals surface area (Å²) in [4.78, 5) is 23.7. The van der Waals surface area contributed by atoms with Crippen LogP contribution in [0.25, 0.3) is 0 Å². The van der Waals surface area contributed by atoms with Crippen LogP contribution in [-0.4, -0.2) is 17.9 Å². The molecule has 164 valence electrons. The lowest BCUT2D eigenvalue weighted by Crippen LogP contribution is -2.51. The molecule has 8 heteroatoms. The van der Waals surface area contributed by atoms with Gasteiger partial charge >= 0.3 is 0 Å². The molecule has 0 saturated heterocycles. The van der Waals surface area contributed by atoms with E-state index in [0.717, 1.165) is 11.6 Å². The van der Waals surface area contributed by atoms with Crippen molar-refractivity contribution >= 4 is 17.5 Å². The molecule has 2 aromatic carbocycles. The van der Waals surface area contributed by atoms with Crippen molar-refractivity contribution in [3.63, 3.8) is 0 Å². The van der Waals surface area contributed by atoms with E-state index in [1.165, 1.54) is 25.1 Å². The van der Waals surface area contributed by atoms with Gasteiger partial charge in [-0.3, -0.25) is 9.59 Å². The van der Waals surface area contributed by atoms with Gasteiger partial charge < -0.3 is 16.4 Å². The van der Waals surface area contributed by atoms with Crippen LogP contribution in [0.3, 0.4) is 0 Å². The number of halogens is 3. The Morgan fingerprint density at radius 1 is 1.13 bits per heavy atom. The molecule has 0 spiro atoms. The van der Waals surface area contributed by atoms with Gasteiger partial charge in [0.15, 0.2) is 0 Å². The zero-order valence-electron chi connectivity index (χ0n) is 17.2. The molecule has 1 saturated carbocycles. The van der Waals surface area contributed by atoms with Crippen molar-refractivity contribution in [2.45, 2.75) is 44.2 Å². The number of carbonyl (C=O) groups excluding carboxylic acids is 2. The number of rotatable bonds is 5. The van der Waals surface area contributed by atoms with Gasteiger partial charge in [0, 0.05) is 17.4 Å². The first-order valence-electron chi connectivity index (χ1n) is 10.2. The van der Waals surface area contributed by atoms with Crippen molar-refractivity contribution in [2.75, 3.05) is 5.32 Å². The first-order valence-corrected chi connectivity index (χ1v) is 10.2. The van der Waals surface area contributed by atoms with Crippen LogP contribution in [0.1, 0.15) is 43.9 Å². The number of benzene rings is 2. The first kappa shape index (κ1) is 21.2. The maximum Gasteiger partial charge on any atom is 0.239 e. The first-order chi connectivity index (χ1) is 14.6. The van der Waals surface area contributed by atoms with E-state index in [1.54, 1.807) is 12.1 Å². The third-order valence-corrected chi connectivity index (χ3v) is 6.87. The fourth-order valence-corrected chi connectivity index (χ4v) is 4.86. The van der Waals surface area contributed by atoms with Crippen LogP contribution in [-0.2, 0) is 15.0 Å². The quantitative estimate of drug-likeness (QED) is 0.677. The highest BCUT2D eigenvalue weighted by molar-refractivity contribution is 5.87. The predicted octanol–water partition coefficient (Wildman–Crippen LogP) is 3.54. The topological polar surface area (TPSA) is 84.2 Å². The van der Waals surface area contributed by atoms with E-state index >= 15 is 0 Å². The lowest BCUT2D eigenvalue weighted by atomic mass is 9.56. The minimum absolute atomic E-state index is 0.0582. The third kappa shape index (κ3) is 3.54. The summed E-state index contributed by atoms with van der Waals surface area (Å²) in [7, 11) is 0. The Morgan fingerprint density at radius 3 is 2.39 bits per heavy atom. The number of hydrogen-bond acceptors (Lipinski definition) is 3. The number of primary amides is 1. The van der Waals surface area contributed by atoms with Crippen molar-refractivity contribution in [1.29, 1.82) is 0 Å². The van der Waals surface area contributed by atoms with E-state index in [9.17, 15) is 22.8 Å². The monoisotopic (exact) mass is 431 g/mol. The Kier molecular flexibility index (Phi) is 5.19. The molecule has 1 aliphatic carbocycles. The Hall–Kier alpha value is -3.03. The van der Waals surface area contributed by atoms with Crippen molar-refractivity contribution in [3.8, 4) is 0 Å². The van der Waals surface area contributed by atoms with Crippen LogP contribution in [0.2, 0.25) is 0 Å². The van der Waals surface area contributed by atoms with Gasteiger partial charge in [0.05, 0.1) is 11.7 Å². The van der Waals surface area contributed by atoms with Crippen molar-refractivity contribution < 1.29 is 22.8 Å². The zero-order valence-corrected chi connectivity index (χ0v) is 17.2. The molecule has 0 aromatic heterocycles. The van der Waals surface area contributed by atoms with E-state index in [-0.39, 0.29) is 29.2 Å². The van der Waals surface area contributed by atoms with Gasteiger partial charge in [-0.05, 0) is 55.0 Å². The highest BCUT2D eigenvalue weighted by atomic mass is 19.1. The molecule has 0 bridgehead atoms. The van der Waals surface area contributed by atoms with E-state index in [4.69, 9.17) is 5.73 Å². The number of hydrogen-bond donors (Lipinski definition) is 3. The van der Waals surface area contributed by atoms with Crippen LogP contribution < -0.4 is 16.4 Å². The maximum absolute atomic E-state index is 14.6. The zero-order chi connectivity index (χ0) is 22.5. The normalized spacial score (nSPS) is 27.6. The summed E-state index contributed by atoms with van der Waals surface area (Å²) >= 11 is 0.